The van der Waals surface area contributed by atoms with E-state index in [1.54, 1.807) is 0 Å². The molecule has 2 N–H and O–H groups in total. The maximum atomic E-state index is 9.96. The average Bonchev–Trinajstić information content (AvgIpc) is 2.73. The van der Waals surface area contributed by atoms with Gasteiger partial charge in [0.25, 0.3) is 0 Å². The first-order valence-electron chi connectivity index (χ1n) is 5.89. The number of hydrogen-bond donors (Lipinski definition) is 2. The summed E-state index contributed by atoms with van der Waals surface area (Å²) in [4.78, 5) is 2.21. The molecule has 0 radical (unpaired) electrons. The van der Waals surface area contributed by atoms with E-state index in [0.717, 1.165) is 38.0 Å². The van der Waals surface area contributed by atoms with E-state index in [4.69, 9.17) is 0 Å². The molecule has 1 aromatic carbocycles. The fraction of sp³-hybridized carbons (Fsp3) is 0.538. The molecule has 1 aliphatic rings. The predicted molar refractivity (Wildman–Crippen MR) is 63.1 cm³/mol. The molecule has 2 atom stereocenters. The third-order valence-corrected chi connectivity index (χ3v) is 3.15. The maximum absolute atomic E-state index is 9.96. The van der Waals surface area contributed by atoms with Gasteiger partial charge in [0.2, 0.25) is 0 Å². The highest BCUT2D eigenvalue weighted by molar-refractivity contribution is 5.17. The number of nitrogens with zero attached hydrogens (tertiary/aromatic N) is 1. The zero-order chi connectivity index (χ0) is 11.4. The van der Waals surface area contributed by atoms with E-state index in [0.29, 0.717) is 0 Å². The van der Waals surface area contributed by atoms with Gasteiger partial charge in [0.15, 0.2) is 0 Å². The van der Waals surface area contributed by atoms with Gasteiger partial charge in [-0.3, -0.25) is 0 Å². The Balaban J connectivity index is 1.78. The standard InChI is InChI=1S/C13H19NO2/c15-12-6-8-14(10-12)9-7-13(16)11-4-2-1-3-5-11/h1-5,12-13,15-16H,6-10H2. The summed E-state index contributed by atoms with van der Waals surface area (Å²) < 4.78 is 0. The zero-order valence-corrected chi connectivity index (χ0v) is 9.42. The molecule has 88 valence electrons. The summed E-state index contributed by atoms with van der Waals surface area (Å²) in [5, 5.41) is 19.3. The lowest BCUT2D eigenvalue weighted by molar-refractivity contribution is 0.138. The van der Waals surface area contributed by atoms with Gasteiger partial charge in [0.1, 0.15) is 0 Å². The Morgan fingerprint density at radius 2 is 2.06 bits per heavy atom. The van der Waals surface area contributed by atoms with Gasteiger partial charge >= 0.3 is 0 Å². The third-order valence-electron chi connectivity index (χ3n) is 3.15. The van der Waals surface area contributed by atoms with E-state index in [2.05, 4.69) is 4.90 Å². The summed E-state index contributed by atoms with van der Waals surface area (Å²) in [5.41, 5.74) is 0.974. The smallest absolute Gasteiger partial charge is 0.0802 e. The summed E-state index contributed by atoms with van der Waals surface area (Å²) in [5.74, 6) is 0. The number of benzene rings is 1. The lowest BCUT2D eigenvalue weighted by Crippen LogP contribution is -2.24. The second-order valence-electron chi connectivity index (χ2n) is 4.46. The van der Waals surface area contributed by atoms with Crippen molar-refractivity contribution in [2.24, 2.45) is 0 Å². The first kappa shape index (κ1) is 11.6. The summed E-state index contributed by atoms with van der Waals surface area (Å²) in [6.07, 6.45) is 1.03. The monoisotopic (exact) mass is 221 g/mol. The Morgan fingerprint density at radius 1 is 1.31 bits per heavy atom. The van der Waals surface area contributed by atoms with E-state index < -0.39 is 0 Å². The molecule has 3 nitrogen and oxygen atoms in total. The van der Waals surface area contributed by atoms with Crippen LogP contribution in [0.25, 0.3) is 0 Å². The molecule has 0 aromatic heterocycles. The topological polar surface area (TPSA) is 43.7 Å². The Hall–Kier alpha value is -0.900. The first-order valence-corrected chi connectivity index (χ1v) is 5.89. The lowest BCUT2D eigenvalue weighted by Gasteiger charge is -2.17. The van der Waals surface area contributed by atoms with Crippen molar-refractivity contribution in [2.75, 3.05) is 19.6 Å². The van der Waals surface area contributed by atoms with Crippen LogP contribution in [0.4, 0.5) is 0 Å². The van der Waals surface area contributed by atoms with Gasteiger partial charge in [-0.2, -0.15) is 0 Å². The molecule has 0 spiro atoms. The van der Waals surface area contributed by atoms with Crippen molar-refractivity contribution in [3.8, 4) is 0 Å². The molecular formula is C13H19NO2. The van der Waals surface area contributed by atoms with Crippen LogP contribution in [0.3, 0.4) is 0 Å². The van der Waals surface area contributed by atoms with Crippen LogP contribution in [0.1, 0.15) is 24.5 Å². The molecular weight excluding hydrogens is 202 g/mol. The number of rotatable bonds is 4. The SMILES string of the molecule is OC1CCN(CCC(O)c2ccccc2)C1. The van der Waals surface area contributed by atoms with E-state index in [1.807, 2.05) is 30.3 Å². The van der Waals surface area contributed by atoms with Crippen molar-refractivity contribution in [2.45, 2.75) is 25.0 Å². The van der Waals surface area contributed by atoms with Crippen molar-refractivity contribution in [1.29, 1.82) is 0 Å². The van der Waals surface area contributed by atoms with Crippen molar-refractivity contribution in [3.05, 3.63) is 35.9 Å². The van der Waals surface area contributed by atoms with Gasteiger partial charge in [-0.05, 0) is 18.4 Å². The van der Waals surface area contributed by atoms with Crippen LogP contribution in [0.2, 0.25) is 0 Å². The number of hydrogen-bond acceptors (Lipinski definition) is 3. The molecule has 2 rings (SSSR count). The second kappa shape index (κ2) is 5.43. The molecule has 1 heterocycles. The molecule has 0 amide bonds. The minimum Gasteiger partial charge on any atom is -0.392 e. The van der Waals surface area contributed by atoms with Gasteiger partial charge in [0, 0.05) is 19.6 Å². The number of aliphatic hydroxyl groups excluding tert-OH is 2. The van der Waals surface area contributed by atoms with Gasteiger partial charge in [0.05, 0.1) is 12.2 Å². The molecule has 0 bridgehead atoms. The summed E-state index contributed by atoms with van der Waals surface area (Å²) in [6.45, 7) is 2.55. The lowest BCUT2D eigenvalue weighted by atomic mass is 10.1. The van der Waals surface area contributed by atoms with Crippen molar-refractivity contribution < 1.29 is 10.2 Å². The first-order chi connectivity index (χ1) is 7.75. The maximum Gasteiger partial charge on any atom is 0.0802 e. The summed E-state index contributed by atoms with van der Waals surface area (Å²) in [7, 11) is 0. The fourth-order valence-electron chi connectivity index (χ4n) is 2.16. The van der Waals surface area contributed by atoms with Gasteiger partial charge < -0.3 is 15.1 Å². The highest BCUT2D eigenvalue weighted by Gasteiger charge is 2.20. The van der Waals surface area contributed by atoms with Crippen molar-refractivity contribution >= 4 is 0 Å². The minimum atomic E-state index is -0.390. The Labute approximate surface area is 96.3 Å². The molecule has 1 fully saturated rings. The van der Waals surface area contributed by atoms with Gasteiger partial charge in [-0.25, -0.2) is 0 Å². The fourth-order valence-corrected chi connectivity index (χ4v) is 2.16. The van der Waals surface area contributed by atoms with Crippen LogP contribution in [0, 0.1) is 0 Å². The number of likely N-dealkylation sites (tertiary alicyclic amines) is 1. The van der Waals surface area contributed by atoms with Crippen LogP contribution in [0.5, 0.6) is 0 Å². The van der Waals surface area contributed by atoms with E-state index in [9.17, 15) is 10.2 Å². The van der Waals surface area contributed by atoms with Gasteiger partial charge in [-0.1, -0.05) is 30.3 Å². The Morgan fingerprint density at radius 3 is 2.69 bits per heavy atom. The predicted octanol–water partition coefficient (Wildman–Crippen LogP) is 1.18. The molecule has 0 saturated carbocycles. The number of β-amino-alcohol motifs (C(OH)–C–C–N with tert-alkyl or cyclic N) is 1. The normalized spacial score (nSPS) is 23.5. The third kappa shape index (κ3) is 3.04. The molecule has 16 heavy (non-hydrogen) atoms. The quantitative estimate of drug-likeness (QED) is 0.802. The largest absolute Gasteiger partial charge is 0.392 e. The van der Waals surface area contributed by atoms with Gasteiger partial charge in [-0.15, -0.1) is 0 Å². The zero-order valence-electron chi connectivity index (χ0n) is 9.42. The van der Waals surface area contributed by atoms with Crippen LogP contribution >= 0.6 is 0 Å². The highest BCUT2D eigenvalue weighted by Crippen LogP contribution is 2.18. The van der Waals surface area contributed by atoms with E-state index in [1.165, 1.54) is 0 Å². The van der Waals surface area contributed by atoms with Crippen molar-refractivity contribution in [3.63, 3.8) is 0 Å². The van der Waals surface area contributed by atoms with Crippen LogP contribution in [-0.2, 0) is 0 Å². The Bertz CT molecular complexity index is 315. The van der Waals surface area contributed by atoms with Crippen LogP contribution in [-0.4, -0.2) is 40.9 Å². The summed E-state index contributed by atoms with van der Waals surface area (Å²) >= 11 is 0. The molecule has 2 unspecified atom stereocenters. The second-order valence-corrected chi connectivity index (χ2v) is 4.46. The number of aliphatic hydroxyl groups is 2. The van der Waals surface area contributed by atoms with Crippen LogP contribution < -0.4 is 0 Å². The highest BCUT2D eigenvalue weighted by atomic mass is 16.3. The molecule has 1 aromatic rings. The Kier molecular flexibility index (Phi) is 3.93. The van der Waals surface area contributed by atoms with Crippen LogP contribution in [0.15, 0.2) is 30.3 Å². The molecule has 1 saturated heterocycles. The minimum absolute atomic E-state index is 0.172. The molecule has 1 aliphatic heterocycles. The molecule has 0 aliphatic carbocycles. The van der Waals surface area contributed by atoms with E-state index >= 15 is 0 Å². The van der Waals surface area contributed by atoms with E-state index in [-0.39, 0.29) is 12.2 Å². The average molecular weight is 221 g/mol. The van der Waals surface area contributed by atoms with Crippen molar-refractivity contribution in [1.82, 2.24) is 4.90 Å². The molecule has 3 heteroatoms. The summed E-state index contributed by atoms with van der Waals surface area (Å²) in [6, 6.07) is 9.73.